The van der Waals surface area contributed by atoms with Gasteiger partial charge < -0.3 is 11.1 Å². The Labute approximate surface area is 120 Å². The van der Waals surface area contributed by atoms with Gasteiger partial charge in [0.25, 0.3) is 0 Å². The zero-order valence-corrected chi connectivity index (χ0v) is 12.4. The summed E-state index contributed by atoms with van der Waals surface area (Å²) in [7, 11) is 0. The summed E-state index contributed by atoms with van der Waals surface area (Å²) in [4.78, 5) is 12.1. The van der Waals surface area contributed by atoms with Crippen LogP contribution in [-0.2, 0) is 11.2 Å². The third-order valence-corrected chi connectivity index (χ3v) is 4.99. The Morgan fingerprint density at radius 3 is 2.95 bits per heavy atom. The number of nitrogens with one attached hydrogen (secondary N) is 1. The van der Waals surface area contributed by atoms with E-state index in [4.69, 9.17) is 5.73 Å². The quantitative estimate of drug-likeness (QED) is 0.863. The summed E-state index contributed by atoms with van der Waals surface area (Å²) in [5.41, 5.74) is 8.33. The van der Waals surface area contributed by atoms with E-state index in [9.17, 15) is 4.79 Å². The lowest BCUT2D eigenvalue weighted by Gasteiger charge is -2.23. The summed E-state index contributed by atoms with van der Waals surface area (Å²) in [6, 6.07) is 8.71. The Bertz CT molecular complexity index is 523. The first kappa shape index (κ1) is 13.6. The van der Waals surface area contributed by atoms with Gasteiger partial charge in [0, 0.05) is 6.54 Å². The van der Waals surface area contributed by atoms with Gasteiger partial charge in [-0.2, -0.15) is 0 Å². The van der Waals surface area contributed by atoms with Crippen molar-refractivity contribution < 1.29 is 4.79 Å². The Hall–Kier alpha value is -1.35. The van der Waals surface area contributed by atoms with E-state index < -0.39 is 5.54 Å². The predicted octanol–water partition coefficient (Wildman–Crippen LogP) is 2.21. The van der Waals surface area contributed by atoms with Gasteiger partial charge in [0.1, 0.15) is 0 Å². The molecule has 1 amide bonds. The molecule has 1 aromatic rings. The van der Waals surface area contributed by atoms with E-state index in [1.165, 1.54) is 17.5 Å². The van der Waals surface area contributed by atoms with Crippen molar-refractivity contribution >= 4 is 5.91 Å². The molecule has 3 N–H and O–H groups in total. The predicted molar refractivity (Wildman–Crippen MR) is 80.4 cm³/mol. The van der Waals surface area contributed by atoms with Crippen molar-refractivity contribution in [3.05, 3.63) is 35.4 Å². The van der Waals surface area contributed by atoms with Gasteiger partial charge in [0.2, 0.25) is 5.91 Å². The van der Waals surface area contributed by atoms with Gasteiger partial charge >= 0.3 is 0 Å². The maximum atomic E-state index is 12.1. The standard InChI is InChI=1S/C17H24N2O/c1-3-8-17(2,18)16(20)19-10-14-13-9-11-6-4-5-7-12(11)15(13)14/h4-7,13-15H,3,8-10,18H2,1-2H3,(H,19,20). The maximum Gasteiger partial charge on any atom is 0.239 e. The molecule has 2 aliphatic rings. The normalized spacial score (nSPS) is 29.2. The summed E-state index contributed by atoms with van der Waals surface area (Å²) in [6.45, 7) is 4.66. The second kappa shape index (κ2) is 4.88. The third kappa shape index (κ3) is 2.24. The third-order valence-electron chi connectivity index (χ3n) is 4.99. The lowest BCUT2D eigenvalue weighted by Crippen LogP contribution is -2.52. The van der Waals surface area contributed by atoms with E-state index >= 15 is 0 Å². The molecule has 1 saturated carbocycles. The fraction of sp³-hybridized carbons (Fsp3) is 0.588. The summed E-state index contributed by atoms with van der Waals surface area (Å²) in [5.74, 6) is 2.02. The molecule has 1 fully saturated rings. The molecule has 0 saturated heterocycles. The van der Waals surface area contributed by atoms with Gasteiger partial charge in [-0.25, -0.2) is 0 Å². The first-order valence-electron chi connectivity index (χ1n) is 7.69. The first-order chi connectivity index (χ1) is 9.54. The summed E-state index contributed by atoms with van der Waals surface area (Å²) in [5, 5.41) is 3.07. The molecule has 0 radical (unpaired) electrons. The van der Waals surface area contributed by atoms with Crippen LogP contribution in [0.1, 0.15) is 43.7 Å². The highest BCUT2D eigenvalue weighted by atomic mass is 16.2. The minimum absolute atomic E-state index is 0.00221. The van der Waals surface area contributed by atoms with E-state index in [0.717, 1.165) is 25.3 Å². The average molecular weight is 272 g/mol. The van der Waals surface area contributed by atoms with Crippen molar-refractivity contribution in [2.75, 3.05) is 6.54 Å². The minimum atomic E-state index is -0.726. The Morgan fingerprint density at radius 1 is 1.45 bits per heavy atom. The van der Waals surface area contributed by atoms with Gasteiger partial charge in [-0.15, -0.1) is 0 Å². The number of carbonyl (C=O) groups excluding carboxylic acids is 1. The number of benzene rings is 1. The van der Waals surface area contributed by atoms with Gasteiger partial charge in [-0.3, -0.25) is 4.79 Å². The number of rotatable bonds is 5. The summed E-state index contributed by atoms with van der Waals surface area (Å²) < 4.78 is 0. The monoisotopic (exact) mass is 272 g/mol. The van der Waals surface area contributed by atoms with Gasteiger partial charge in [-0.1, -0.05) is 37.6 Å². The van der Waals surface area contributed by atoms with E-state index in [2.05, 4.69) is 36.5 Å². The van der Waals surface area contributed by atoms with E-state index in [1.54, 1.807) is 0 Å². The van der Waals surface area contributed by atoms with Crippen LogP contribution < -0.4 is 11.1 Å². The van der Waals surface area contributed by atoms with Crippen LogP contribution in [-0.4, -0.2) is 18.0 Å². The number of nitrogens with two attached hydrogens (primary N) is 1. The molecule has 0 spiro atoms. The van der Waals surface area contributed by atoms with Crippen molar-refractivity contribution in [2.24, 2.45) is 17.6 Å². The smallest absolute Gasteiger partial charge is 0.239 e. The molecule has 1 aromatic carbocycles. The van der Waals surface area contributed by atoms with E-state index in [-0.39, 0.29) is 5.91 Å². The van der Waals surface area contributed by atoms with Crippen LogP contribution in [0, 0.1) is 11.8 Å². The first-order valence-corrected chi connectivity index (χ1v) is 7.69. The zero-order valence-electron chi connectivity index (χ0n) is 12.4. The van der Waals surface area contributed by atoms with Crippen LogP contribution in [0.5, 0.6) is 0 Å². The molecule has 108 valence electrons. The number of amides is 1. The molecule has 0 aliphatic heterocycles. The molecule has 4 unspecified atom stereocenters. The minimum Gasteiger partial charge on any atom is -0.354 e. The molecule has 2 aliphatic carbocycles. The van der Waals surface area contributed by atoms with Crippen molar-refractivity contribution in [1.82, 2.24) is 5.32 Å². The molecule has 4 atom stereocenters. The van der Waals surface area contributed by atoms with Crippen LogP contribution in [0.4, 0.5) is 0 Å². The number of fused-ring (bicyclic) bond motifs is 3. The Morgan fingerprint density at radius 2 is 2.20 bits per heavy atom. The van der Waals surface area contributed by atoms with Crippen molar-refractivity contribution in [3.8, 4) is 0 Å². The highest BCUT2D eigenvalue weighted by Crippen LogP contribution is 2.60. The molecule has 20 heavy (non-hydrogen) atoms. The van der Waals surface area contributed by atoms with Crippen LogP contribution in [0.15, 0.2) is 24.3 Å². The van der Waals surface area contributed by atoms with Gasteiger partial charge in [-0.05, 0) is 48.6 Å². The second-order valence-electron chi connectivity index (χ2n) is 6.63. The highest BCUT2D eigenvalue weighted by molar-refractivity contribution is 5.85. The van der Waals surface area contributed by atoms with Gasteiger partial charge in [0.15, 0.2) is 0 Å². The second-order valence-corrected chi connectivity index (χ2v) is 6.63. The van der Waals surface area contributed by atoms with Crippen molar-refractivity contribution in [2.45, 2.75) is 44.6 Å². The molecule has 3 heteroatoms. The lowest BCUT2D eigenvalue weighted by atomic mass is 9.96. The Kier molecular flexibility index (Phi) is 3.33. The molecule has 0 bridgehead atoms. The zero-order chi connectivity index (χ0) is 14.3. The summed E-state index contributed by atoms with van der Waals surface area (Å²) >= 11 is 0. The fourth-order valence-corrected chi connectivity index (χ4v) is 3.81. The van der Waals surface area contributed by atoms with Crippen molar-refractivity contribution in [3.63, 3.8) is 0 Å². The Balaban J connectivity index is 1.55. The highest BCUT2D eigenvalue weighted by Gasteiger charge is 2.55. The molecule has 3 nitrogen and oxygen atoms in total. The van der Waals surface area contributed by atoms with E-state index in [1.807, 2.05) is 6.92 Å². The largest absolute Gasteiger partial charge is 0.354 e. The molecular formula is C17H24N2O. The number of hydrogen-bond acceptors (Lipinski definition) is 2. The molecule has 0 heterocycles. The molecule has 0 aromatic heterocycles. The van der Waals surface area contributed by atoms with Crippen LogP contribution in [0.2, 0.25) is 0 Å². The molecule has 3 rings (SSSR count). The number of hydrogen-bond donors (Lipinski definition) is 2. The SMILES string of the molecule is CCCC(C)(N)C(=O)NCC1C2Cc3ccccc3C12. The van der Waals surface area contributed by atoms with Crippen LogP contribution >= 0.6 is 0 Å². The van der Waals surface area contributed by atoms with E-state index in [0.29, 0.717) is 11.8 Å². The lowest BCUT2D eigenvalue weighted by molar-refractivity contribution is -0.126. The number of carbonyl (C=O) groups is 1. The van der Waals surface area contributed by atoms with Crippen LogP contribution in [0.3, 0.4) is 0 Å². The fourth-order valence-electron chi connectivity index (χ4n) is 3.81. The van der Waals surface area contributed by atoms with Crippen LogP contribution in [0.25, 0.3) is 0 Å². The summed E-state index contributed by atoms with van der Waals surface area (Å²) in [6.07, 6.45) is 2.85. The topological polar surface area (TPSA) is 55.1 Å². The van der Waals surface area contributed by atoms with Gasteiger partial charge in [0.05, 0.1) is 5.54 Å². The van der Waals surface area contributed by atoms with Crippen molar-refractivity contribution in [1.29, 1.82) is 0 Å². The molecular weight excluding hydrogens is 248 g/mol. The maximum absolute atomic E-state index is 12.1. The average Bonchev–Trinajstić information content (AvgIpc) is 2.94.